The number of hydrogen-bond donors (Lipinski definition) is 1. The molecule has 1 aromatic heterocycles. The van der Waals surface area contributed by atoms with Gasteiger partial charge in [-0.3, -0.25) is 9.69 Å². The van der Waals surface area contributed by atoms with Gasteiger partial charge in [-0.25, -0.2) is 4.98 Å². The number of benzene rings is 1. The van der Waals surface area contributed by atoms with E-state index in [2.05, 4.69) is 10.3 Å². The standard InChI is InChI=1S/C19H25N3O3S/c1-3-25-16-5-4-14(10-17(16)24-2)19-21-15(12-26-19)11-22-8-6-13(7-9-22)18(20)23/h4-5,10,12-13H,3,6-9,11H2,1-2H3,(H2,20,23). The molecular weight excluding hydrogens is 350 g/mol. The van der Waals surface area contributed by atoms with Gasteiger partial charge in [0.05, 0.1) is 19.4 Å². The van der Waals surface area contributed by atoms with Crippen LogP contribution in [0.3, 0.4) is 0 Å². The molecule has 6 nitrogen and oxygen atoms in total. The summed E-state index contributed by atoms with van der Waals surface area (Å²) in [6.07, 6.45) is 1.67. The van der Waals surface area contributed by atoms with Crippen LogP contribution in [0.5, 0.6) is 11.5 Å². The smallest absolute Gasteiger partial charge is 0.220 e. The maximum atomic E-state index is 11.3. The Morgan fingerprint density at radius 3 is 2.77 bits per heavy atom. The van der Waals surface area contributed by atoms with E-state index in [-0.39, 0.29) is 11.8 Å². The SMILES string of the molecule is CCOc1ccc(-c2nc(CN3CCC(C(N)=O)CC3)cs2)cc1OC. The fourth-order valence-electron chi connectivity index (χ4n) is 3.19. The first-order chi connectivity index (χ1) is 12.6. The molecule has 0 unspecified atom stereocenters. The zero-order valence-electron chi connectivity index (χ0n) is 15.2. The Balaban J connectivity index is 1.66. The molecule has 0 spiro atoms. The lowest BCUT2D eigenvalue weighted by Gasteiger charge is -2.29. The van der Waals surface area contributed by atoms with E-state index >= 15 is 0 Å². The summed E-state index contributed by atoms with van der Waals surface area (Å²) in [5.41, 5.74) is 7.47. The van der Waals surface area contributed by atoms with E-state index in [4.69, 9.17) is 20.2 Å². The van der Waals surface area contributed by atoms with E-state index in [9.17, 15) is 4.79 Å². The first kappa shape index (κ1) is 18.7. The predicted molar refractivity (Wildman–Crippen MR) is 102 cm³/mol. The topological polar surface area (TPSA) is 77.7 Å². The maximum absolute atomic E-state index is 11.3. The molecule has 0 saturated carbocycles. The number of rotatable bonds is 7. The molecule has 0 aliphatic carbocycles. The molecule has 7 heteroatoms. The molecule has 26 heavy (non-hydrogen) atoms. The van der Waals surface area contributed by atoms with Crippen molar-refractivity contribution < 1.29 is 14.3 Å². The first-order valence-corrected chi connectivity index (χ1v) is 9.76. The molecule has 1 saturated heterocycles. The van der Waals surface area contributed by atoms with Gasteiger partial charge in [0.15, 0.2) is 11.5 Å². The van der Waals surface area contributed by atoms with Gasteiger partial charge < -0.3 is 15.2 Å². The Morgan fingerprint density at radius 1 is 1.35 bits per heavy atom. The number of likely N-dealkylation sites (tertiary alicyclic amines) is 1. The van der Waals surface area contributed by atoms with Crippen LogP contribution in [0, 0.1) is 5.92 Å². The summed E-state index contributed by atoms with van der Waals surface area (Å²) < 4.78 is 11.0. The van der Waals surface area contributed by atoms with Crippen molar-refractivity contribution in [3.63, 3.8) is 0 Å². The molecule has 0 bridgehead atoms. The summed E-state index contributed by atoms with van der Waals surface area (Å²) in [6, 6.07) is 5.90. The van der Waals surface area contributed by atoms with Crippen LogP contribution in [0.4, 0.5) is 0 Å². The third kappa shape index (κ3) is 4.34. The van der Waals surface area contributed by atoms with Crippen molar-refractivity contribution in [2.45, 2.75) is 26.3 Å². The third-order valence-corrected chi connectivity index (χ3v) is 5.58. The van der Waals surface area contributed by atoms with Gasteiger partial charge in [-0.05, 0) is 51.1 Å². The number of ether oxygens (including phenoxy) is 2. The van der Waals surface area contributed by atoms with Gasteiger partial charge in [0.25, 0.3) is 0 Å². The van der Waals surface area contributed by atoms with Crippen LogP contribution in [0.15, 0.2) is 23.6 Å². The summed E-state index contributed by atoms with van der Waals surface area (Å²) in [6.45, 7) is 5.13. The van der Waals surface area contributed by atoms with Crippen molar-refractivity contribution in [2.75, 3.05) is 26.8 Å². The molecule has 0 atom stereocenters. The molecule has 1 fully saturated rings. The van der Waals surface area contributed by atoms with Gasteiger partial charge in [0, 0.05) is 23.4 Å². The highest BCUT2D eigenvalue weighted by Crippen LogP contribution is 2.34. The molecule has 1 aromatic carbocycles. The monoisotopic (exact) mass is 375 g/mol. The summed E-state index contributed by atoms with van der Waals surface area (Å²) >= 11 is 1.63. The molecule has 140 valence electrons. The molecule has 1 aliphatic heterocycles. The molecule has 2 heterocycles. The Labute approximate surface area is 157 Å². The van der Waals surface area contributed by atoms with Crippen molar-refractivity contribution in [1.82, 2.24) is 9.88 Å². The number of nitrogens with two attached hydrogens (primary N) is 1. The summed E-state index contributed by atoms with van der Waals surface area (Å²) in [5.74, 6) is 1.31. The average Bonchev–Trinajstić information content (AvgIpc) is 3.11. The Morgan fingerprint density at radius 2 is 2.12 bits per heavy atom. The number of carbonyl (C=O) groups excluding carboxylic acids is 1. The molecule has 0 radical (unpaired) electrons. The van der Waals surface area contributed by atoms with Gasteiger partial charge in [0.2, 0.25) is 5.91 Å². The summed E-state index contributed by atoms with van der Waals surface area (Å²) in [5, 5.41) is 3.06. The molecule has 1 amide bonds. The number of carbonyl (C=O) groups is 1. The van der Waals surface area contributed by atoms with Crippen molar-refractivity contribution in [2.24, 2.45) is 11.7 Å². The quantitative estimate of drug-likeness (QED) is 0.805. The largest absolute Gasteiger partial charge is 0.493 e. The van der Waals surface area contributed by atoms with Crippen LogP contribution in [-0.2, 0) is 11.3 Å². The van der Waals surface area contributed by atoms with Crippen LogP contribution < -0.4 is 15.2 Å². The number of primary amides is 1. The highest BCUT2D eigenvalue weighted by atomic mass is 32.1. The van der Waals surface area contributed by atoms with Gasteiger partial charge in [-0.15, -0.1) is 11.3 Å². The highest BCUT2D eigenvalue weighted by Gasteiger charge is 2.23. The average molecular weight is 375 g/mol. The summed E-state index contributed by atoms with van der Waals surface area (Å²) in [7, 11) is 1.64. The normalized spacial score (nSPS) is 15.8. The van der Waals surface area contributed by atoms with Gasteiger partial charge in [0.1, 0.15) is 5.01 Å². The van der Waals surface area contributed by atoms with Crippen LogP contribution in [0.25, 0.3) is 10.6 Å². The highest BCUT2D eigenvalue weighted by molar-refractivity contribution is 7.13. The molecule has 2 N–H and O–H groups in total. The third-order valence-electron chi connectivity index (χ3n) is 4.64. The second-order valence-electron chi connectivity index (χ2n) is 6.40. The van der Waals surface area contributed by atoms with E-state index in [0.717, 1.165) is 60.2 Å². The van der Waals surface area contributed by atoms with Crippen LogP contribution in [-0.4, -0.2) is 42.6 Å². The number of piperidine rings is 1. The lowest BCUT2D eigenvalue weighted by atomic mass is 9.96. The number of amides is 1. The summed E-state index contributed by atoms with van der Waals surface area (Å²) in [4.78, 5) is 18.4. The minimum atomic E-state index is -0.176. The molecule has 1 aliphatic rings. The van der Waals surface area contributed by atoms with E-state index in [1.165, 1.54) is 0 Å². The van der Waals surface area contributed by atoms with Crippen molar-refractivity contribution in [3.05, 3.63) is 29.3 Å². The van der Waals surface area contributed by atoms with E-state index < -0.39 is 0 Å². The zero-order valence-corrected chi connectivity index (χ0v) is 16.1. The van der Waals surface area contributed by atoms with Crippen LogP contribution in [0.1, 0.15) is 25.5 Å². The number of nitrogens with zero attached hydrogens (tertiary/aromatic N) is 2. The first-order valence-electron chi connectivity index (χ1n) is 8.88. The number of thiazole rings is 1. The lowest BCUT2D eigenvalue weighted by Crippen LogP contribution is -2.38. The minimum Gasteiger partial charge on any atom is -0.493 e. The number of methoxy groups -OCH3 is 1. The fraction of sp³-hybridized carbons (Fsp3) is 0.474. The number of hydrogen-bond acceptors (Lipinski definition) is 6. The predicted octanol–water partition coefficient (Wildman–Crippen LogP) is 2.91. The van der Waals surface area contributed by atoms with Crippen molar-refractivity contribution >= 4 is 17.2 Å². The molecule has 2 aromatic rings. The van der Waals surface area contributed by atoms with E-state index in [1.807, 2.05) is 25.1 Å². The Bertz CT molecular complexity index is 754. The second kappa shape index (κ2) is 8.51. The number of aromatic nitrogens is 1. The molecule has 3 rings (SSSR count). The van der Waals surface area contributed by atoms with Crippen LogP contribution in [0.2, 0.25) is 0 Å². The van der Waals surface area contributed by atoms with Crippen molar-refractivity contribution in [1.29, 1.82) is 0 Å². The van der Waals surface area contributed by atoms with E-state index in [1.54, 1.807) is 18.4 Å². The van der Waals surface area contributed by atoms with Crippen molar-refractivity contribution in [3.8, 4) is 22.1 Å². The van der Waals surface area contributed by atoms with Gasteiger partial charge in [-0.2, -0.15) is 0 Å². The van der Waals surface area contributed by atoms with Gasteiger partial charge >= 0.3 is 0 Å². The zero-order chi connectivity index (χ0) is 18.5. The maximum Gasteiger partial charge on any atom is 0.220 e. The Hall–Kier alpha value is -2.12. The fourth-order valence-corrected chi connectivity index (χ4v) is 4.00. The minimum absolute atomic E-state index is 0.0218. The second-order valence-corrected chi connectivity index (χ2v) is 7.25. The van der Waals surface area contributed by atoms with Crippen LogP contribution >= 0.6 is 11.3 Å². The Kier molecular flexibility index (Phi) is 6.11. The van der Waals surface area contributed by atoms with Gasteiger partial charge in [-0.1, -0.05) is 0 Å². The van der Waals surface area contributed by atoms with E-state index in [0.29, 0.717) is 6.61 Å². The molecular formula is C19H25N3O3S. The lowest BCUT2D eigenvalue weighted by molar-refractivity contribution is -0.123.